The van der Waals surface area contributed by atoms with E-state index >= 15 is 0 Å². The van der Waals surface area contributed by atoms with Crippen molar-refractivity contribution in [2.24, 2.45) is 0 Å². The van der Waals surface area contributed by atoms with Gasteiger partial charge in [-0.3, -0.25) is 4.79 Å². The molecule has 4 nitrogen and oxygen atoms in total. The van der Waals surface area contributed by atoms with Crippen molar-refractivity contribution in [3.05, 3.63) is 0 Å². The summed E-state index contributed by atoms with van der Waals surface area (Å²) in [4.78, 5) is 22.6. The van der Waals surface area contributed by atoms with Crippen LogP contribution in [0.25, 0.3) is 0 Å². The Hall–Kier alpha value is -1.06. The summed E-state index contributed by atoms with van der Waals surface area (Å²) in [7, 11) is 1.53. The van der Waals surface area contributed by atoms with Crippen LogP contribution < -0.4 is 0 Å². The number of ketones is 1. The van der Waals surface area contributed by atoms with E-state index in [9.17, 15) is 9.59 Å². The van der Waals surface area contributed by atoms with E-state index in [4.69, 9.17) is 0 Å². The number of ether oxygens (including phenoxy) is 1. The maximum absolute atomic E-state index is 10.8. The zero-order chi connectivity index (χ0) is 8.85. The van der Waals surface area contributed by atoms with Gasteiger partial charge in [0.05, 0.1) is 13.2 Å². The first-order valence-corrected chi connectivity index (χ1v) is 3.45. The highest BCUT2D eigenvalue weighted by atomic mass is 16.6. The van der Waals surface area contributed by atoms with Gasteiger partial charge in [0.2, 0.25) is 0 Å². The molecule has 0 aliphatic rings. The molecule has 0 aliphatic heterocycles. The van der Waals surface area contributed by atoms with Crippen LogP contribution in [0, 0.1) is 0 Å². The van der Waals surface area contributed by atoms with Crippen LogP contribution in [0.15, 0.2) is 0 Å². The number of carbonyl (C=O) groups excluding carboxylic acids is 2. The molecule has 0 bridgehead atoms. The zero-order valence-corrected chi connectivity index (χ0v) is 7.09. The van der Waals surface area contributed by atoms with E-state index in [0.717, 1.165) is 0 Å². The molecule has 0 spiro atoms. The third kappa shape index (κ3) is 4.36. The molecule has 0 saturated heterocycles. The molecule has 0 atom stereocenters. The maximum Gasteiger partial charge on any atom is 0.409 e. The Kier molecular flexibility index (Phi) is 4.26. The van der Waals surface area contributed by atoms with Crippen molar-refractivity contribution in [2.75, 3.05) is 20.2 Å². The number of carbonyl (C=O) groups is 2. The fourth-order valence-electron chi connectivity index (χ4n) is 0.632. The van der Waals surface area contributed by atoms with Crippen molar-refractivity contribution in [3.63, 3.8) is 0 Å². The van der Waals surface area contributed by atoms with E-state index in [1.54, 1.807) is 6.92 Å². The zero-order valence-electron chi connectivity index (χ0n) is 7.09. The monoisotopic (exact) mass is 159 g/mol. The number of hydrogen-bond acceptors (Lipinski definition) is 3. The third-order valence-electron chi connectivity index (χ3n) is 1.04. The van der Waals surface area contributed by atoms with Gasteiger partial charge in [0.25, 0.3) is 0 Å². The van der Waals surface area contributed by atoms with Crippen molar-refractivity contribution < 1.29 is 14.3 Å². The van der Waals surface area contributed by atoms with E-state index in [-0.39, 0.29) is 12.3 Å². The molecule has 4 heteroatoms. The van der Waals surface area contributed by atoms with Crippen LogP contribution in [0.2, 0.25) is 0 Å². The molecule has 0 aromatic heterocycles. The van der Waals surface area contributed by atoms with Crippen molar-refractivity contribution in [1.29, 1.82) is 0 Å². The molecular weight excluding hydrogens is 146 g/mol. The van der Waals surface area contributed by atoms with Crippen LogP contribution in [0.4, 0.5) is 4.79 Å². The first-order chi connectivity index (χ1) is 5.07. The standard InChI is InChI=1S/C7H13NO3/c1-4-11-7(10)8(3)5-6(2)9/h4-5H2,1-3H3. The van der Waals surface area contributed by atoms with Crippen molar-refractivity contribution in [1.82, 2.24) is 4.90 Å². The second kappa shape index (κ2) is 4.71. The van der Waals surface area contributed by atoms with Gasteiger partial charge < -0.3 is 9.64 Å². The minimum Gasteiger partial charge on any atom is -0.450 e. The van der Waals surface area contributed by atoms with Gasteiger partial charge in [-0.15, -0.1) is 0 Å². The van der Waals surface area contributed by atoms with E-state index in [1.165, 1.54) is 18.9 Å². The highest BCUT2D eigenvalue weighted by Gasteiger charge is 2.09. The summed E-state index contributed by atoms with van der Waals surface area (Å²) in [5.74, 6) is -0.0550. The van der Waals surface area contributed by atoms with Gasteiger partial charge in [-0.2, -0.15) is 0 Å². The topological polar surface area (TPSA) is 46.6 Å². The molecule has 0 aliphatic carbocycles. The lowest BCUT2D eigenvalue weighted by Crippen LogP contribution is -2.31. The minimum atomic E-state index is -0.456. The molecule has 0 N–H and O–H groups in total. The van der Waals surface area contributed by atoms with Crippen LogP contribution in [-0.2, 0) is 9.53 Å². The van der Waals surface area contributed by atoms with Crippen LogP contribution in [0.1, 0.15) is 13.8 Å². The average Bonchev–Trinajstić information content (AvgIpc) is 1.86. The van der Waals surface area contributed by atoms with Crippen molar-refractivity contribution in [2.45, 2.75) is 13.8 Å². The molecule has 0 heterocycles. The Morgan fingerprint density at radius 1 is 1.45 bits per heavy atom. The lowest BCUT2D eigenvalue weighted by molar-refractivity contribution is -0.117. The summed E-state index contributed by atoms with van der Waals surface area (Å²) in [5, 5.41) is 0. The number of likely N-dealkylation sites (N-methyl/N-ethyl adjacent to an activating group) is 1. The number of hydrogen-bond donors (Lipinski definition) is 0. The molecule has 0 aromatic rings. The normalized spacial score (nSPS) is 9.00. The highest BCUT2D eigenvalue weighted by Crippen LogP contribution is 1.89. The predicted molar refractivity (Wildman–Crippen MR) is 40.3 cm³/mol. The first kappa shape index (κ1) is 9.94. The van der Waals surface area contributed by atoms with E-state index in [1.807, 2.05) is 0 Å². The van der Waals surface area contributed by atoms with Gasteiger partial charge >= 0.3 is 6.09 Å². The maximum atomic E-state index is 10.8. The molecular formula is C7H13NO3. The van der Waals surface area contributed by atoms with Gasteiger partial charge in [-0.05, 0) is 13.8 Å². The van der Waals surface area contributed by atoms with Gasteiger partial charge in [0, 0.05) is 7.05 Å². The molecule has 1 amide bonds. The molecule has 0 aromatic carbocycles. The Morgan fingerprint density at radius 3 is 2.36 bits per heavy atom. The first-order valence-electron chi connectivity index (χ1n) is 3.45. The SMILES string of the molecule is CCOC(=O)N(C)CC(C)=O. The second-order valence-corrected chi connectivity index (χ2v) is 2.26. The number of nitrogens with zero attached hydrogens (tertiary/aromatic N) is 1. The van der Waals surface area contributed by atoms with E-state index < -0.39 is 6.09 Å². The molecule has 0 saturated carbocycles. The fourth-order valence-corrected chi connectivity index (χ4v) is 0.632. The molecule has 0 radical (unpaired) electrons. The minimum absolute atomic E-state index is 0.0550. The van der Waals surface area contributed by atoms with Crippen molar-refractivity contribution >= 4 is 11.9 Å². The lowest BCUT2D eigenvalue weighted by atomic mass is 10.4. The van der Waals surface area contributed by atoms with E-state index in [2.05, 4.69) is 4.74 Å². The summed E-state index contributed by atoms with van der Waals surface area (Å²) in [6.45, 7) is 3.59. The second-order valence-electron chi connectivity index (χ2n) is 2.26. The Labute approximate surface area is 66.1 Å². The quantitative estimate of drug-likeness (QED) is 0.607. The number of rotatable bonds is 3. The summed E-state index contributed by atoms with van der Waals surface area (Å²) < 4.78 is 4.64. The summed E-state index contributed by atoms with van der Waals surface area (Å²) in [5.41, 5.74) is 0. The molecule has 11 heavy (non-hydrogen) atoms. The van der Waals surface area contributed by atoms with Crippen molar-refractivity contribution in [3.8, 4) is 0 Å². The van der Waals surface area contributed by atoms with Gasteiger partial charge in [-0.25, -0.2) is 4.79 Å². The Morgan fingerprint density at radius 2 is 2.00 bits per heavy atom. The Bertz CT molecular complexity index is 156. The Balaban J connectivity index is 3.73. The molecule has 0 rings (SSSR count). The molecule has 0 fully saturated rings. The van der Waals surface area contributed by atoms with Gasteiger partial charge in [0.1, 0.15) is 5.78 Å². The molecule has 64 valence electrons. The predicted octanol–water partition coefficient (Wildman–Crippen LogP) is 0.664. The van der Waals surface area contributed by atoms with Gasteiger partial charge in [0.15, 0.2) is 0 Å². The highest BCUT2D eigenvalue weighted by molar-refractivity contribution is 5.81. The van der Waals surface area contributed by atoms with Crippen LogP contribution in [0.5, 0.6) is 0 Å². The van der Waals surface area contributed by atoms with Crippen LogP contribution in [0.3, 0.4) is 0 Å². The van der Waals surface area contributed by atoms with Crippen LogP contribution in [-0.4, -0.2) is 37.0 Å². The summed E-state index contributed by atoms with van der Waals surface area (Å²) in [6, 6.07) is 0. The average molecular weight is 159 g/mol. The summed E-state index contributed by atoms with van der Waals surface area (Å²) >= 11 is 0. The number of amides is 1. The van der Waals surface area contributed by atoms with Crippen LogP contribution >= 0.6 is 0 Å². The third-order valence-corrected chi connectivity index (χ3v) is 1.04. The van der Waals surface area contributed by atoms with E-state index in [0.29, 0.717) is 6.61 Å². The number of Topliss-reactive ketones (excluding diaryl/α,β-unsaturated/α-hetero) is 1. The lowest BCUT2D eigenvalue weighted by Gasteiger charge is -2.13. The summed E-state index contributed by atoms with van der Waals surface area (Å²) in [6.07, 6.45) is -0.456. The largest absolute Gasteiger partial charge is 0.450 e. The fraction of sp³-hybridized carbons (Fsp3) is 0.714. The van der Waals surface area contributed by atoms with Gasteiger partial charge in [-0.1, -0.05) is 0 Å². The smallest absolute Gasteiger partial charge is 0.409 e. The molecule has 0 unspecified atom stereocenters.